The number of ketones is 1. The van der Waals surface area contributed by atoms with Gasteiger partial charge in [0.2, 0.25) is 12.2 Å². The summed E-state index contributed by atoms with van der Waals surface area (Å²) in [6.07, 6.45) is 6.72. The molecule has 0 atom stereocenters. The van der Waals surface area contributed by atoms with Crippen molar-refractivity contribution in [3.8, 4) is 0 Å². The van der Waals surface area contributed by atoms with E-state index in [1.54, 1.807) is 18.2 Å². The van der Waals surface area contributed by atoms with Crippen LogP contribution in [0.3, 0.4) is 0 Å². The van der Waals surface area contributed by atoms with Gasteiger partial charge in [-0.05, 0) is 63.7 Å². The largest absolute Gasteiger partial charge is 0.295 e. The molecule has 28 heavy (non-hydrogen) atoms. The molecule has 0 heterocycles. The number of carbonyl (C=O) groups excluding carboxylic acids is 3. The summed E-state index contributed by atoms with van der Waals surface area (Å²) in [7, 11) is 0. The monoisotopic (exact) mass is 382 g/mol. The molecule has 0 aliphatic heterocycles. The molecule has 150 valence electrons. The Balaban J connectivity index is 0.000000330. The fourth-order valence-corrected chi connectivity index (χ4v) is 3.56. The summed E-state index contributed by atoms with van der Waals surface area (Å²) in [5, 5.41) is 0. The van der Waals surface area contributed by atoms with Gasteiger partial charge in [-0.25, -0.2) is 9.59 Å². The van der Waals surface area contributed by atoms with Crippen molar-refractivity contribution in [2.24, 2.45) is 15.4 Å². The lowest BCUT2D eigenvalue weighted by Gasteiger charge is -2.28. The average molecular weight is 383 g/mol. The SMILES string of the molecule is CC(C)(N=C=O)c1ccccc1C(C)(C)N=C=O.CC1=CC(=O)CC(C)(C)C1. The highest BCUT2D eigenvalue weighted by Gasteiger charge is 2.30. The zero-order valence-electron chi connectivity index (χ0n) is 17.9. The second kappa shape index (κ2) is 9.05. The predicted molar refractivity (Wildman–Crippen MR) is 111 cm³/mol. The maximum atomic E-state index is 11.0. The van der Waals surface area contributed by atoms with E-state index in [2.05, 4.69) is 23.8 Å². The first-order valence-electron chi connectivity index (χ1n) is 9.33. The van der Waals surface area contributed by atoms with Gasteiger partial charge in [0, 0.05) is 6.42 Å². The number of benzene rings is 1. The van der Waals surface area contributed by atoms with Crippen LogP contribution in [0.4, 0.5) is 0 Å². The zero-order valence-corrected chi connectivity index (χ0v) is 17.9. The Morgan fingerprint density at radius 3 is 1.64 bits per heavy atom. The first-order chi connectivity index (χ1) is 12.8. The van der Waals surface area contributed by atoms with Crippen LogP contribution in [-0.4, -0.2) is 17.9 Å². The van der Waals surface area contributed by atoms with Gasteiger partial charge in [-0.1, -0.05) is 43.7 Å². The Labute approximate surface area is 167 Å². The first kappa shape index (κ1) is 23.4. The minimum atomic E-state index is -0.700. The maximum Gasteiger partial charge on any atom is 0.235 e. The Morgan fingerprint density at radius 1 is 0.893 bits per heavy atom. The standard InChI is InChI=1S/C14H16N2O2.C9H14O/c1-13(2,15-9-17)11-7-5-6-8-12(11)14(3,4)16-10-18;1-7-4-8(10)6-9(2,3)5-7/h5-8H,1-4H3;4H,5-6H2,1-3H3. The summed E-state index contributed by atoms with van der Waals surface area (Å²) in [5.41, 5.74) is 1.72. The van der Waals surface area contributed by atoms with Gasteiger partial charge < -0.3 is 0 Å². The van der Waals surface area contributed by atoms with Crippen molar-refractivity contribution >= 4 is 17.9 Å². The molecule has 0 radical (unpaired) electrons. The molecule has 0 N–H and O–H groups in total. The van der Waals surface area contributed by atoms with Crippen LogP contribution < -0.4 is 0 Å². The summed E-state index contributed by atoms with van der Waals surface area (Å²) in [4.78, 5) is 39.6. The van der Waals surface area contributed by atoms with Gasteiger partial charge in [0.15, 0.2) is 5.78 Å². The van der Waals surface area contributed by atoms with Crippen molar-refractivity contribution in [1.82, 2.24) is 0 Å². The predicted octanol–water partition coefficient (Wildman–Crippen LogP) is 5.15. The minimum absolute atomic E-state index is 0.204. The summed E-state index contributed by atoms with van der Waals surface area (Å²) >= 11 is 0. The smallest absolute Gasteiger partial charge is 0.235 e. The fraction of sp³-hybridized carbons (Fsp3) is 0.522. The molecule has 0 saturated carbocycles. The molecule has 1 aromatic carbocycles. The van der Waals surface area contributed by atoms with Gasteiger partial charge >= 0.3 is 0 Å². The van der Waals surface area contributed by atoms with E-state index < -0.39 is 11.1 Å². The van der Waals surface area contributed by atoms with E-state index in [0.717, 1.165) is 17.5 Å². The molecule has 1 aromatic rings. The van der Waals surface area contributed by atoms with E-state index in [1.807, 2.05) is 58.9 Å². The highest BCUT2D eigenvalue weighted by atomic mass is 16.1. The van der Waals surface area contributed by atoms with E-state index in [4.69, 9.17) is 0 Å². The first-order valence-corrected chi connectivity index (χ1v) is 9.33. The van der Waals surface area contributed by atoms with Gasteiger partial charge in [0.05, 0.1) is 11.1 Å². The van der Waals surface area contributed by atoms with Gasteiger partial charge in [0.25, 0.3) is 0 Å². The van der Waals surface area contributed by atoms with Crippen molar-refractivity contribution < 1.29 is 14.4 Å². The summed E-state index contributed by atoms with van der Waals surface area (Å²) in [6, 6.07) is 7.47. The summed E-state index contributed by atoms with van der Waals surface area (Å²) in [6.45, 7) is 13.6. The normalized spacial score (nSPS) is 16.0. The molecule has 5 heteroatoms. The van der Waals surface area contributed by atoms with Gasteiger partial charge in [-0.3, -0.25) is 4.79 Å². The van der Waals surface area contributed by atoms with E-state index in [0.29, 0.717) is 6.42 Å². The molecular weight excluding hydrogens is 352 g/mol. The molecule has 1 aliphatic rings. The van der Waals surface area contributed by atoms with Crippen LogP contribution in [0.15, 0.2) is 45.9 Å². The van der Waals surface area contributed by atoms with Crippen molar-refractivity contribution in [3.05, 3.63) is 47.0 Å². The molecule has 0 unspecified atom stereocenters. The molecule has 2 rings (SSSR count). The van der Waals surface area contributed by atoms with E-state index in [1.165, 1.54) is 5.57 Å². The molecule has 0 spiro atoms. The van der Waals surface area contributed by atoms with Crippen LogP contribution in [-0.2, 0) is 25.5 Å². The quantitative estimate of drug-likeness (QED) is 0.534. The Morgan fingerprint density at radius 2 is 1.32 bits per heavy atom. The van der Waals surface area contributed by atoms with Crippen molar-refractivity contribution in [2.45, 2.75) is 72.4 Å². The molecule has 0 saturated heterocycles. The third kappa shape index (κ3) is 6.53. The second-order valence-electron chi connectivity index (χ2n) is 9.04. The maximum absolute atomic E-state index is 11.0. The molecule has 1 aliphatic carbocycles. The van der Waals surface area contributed by atoms with Crippen LogP contribution in [0.5, 0.6) is 0 Å². The topological polar surface area (TPSA) is 75.9 Å². The third-order valence-corrected chi connectivity index (χ3v) is 4.71. The van der Waals surface area contributed by atoms with Crippen LogP contribution in [0, 0.1) is 5.41 Å². The Kier molecular flexibility index (Phi) is 7.58. The van der Waals surface area contributed by atoms with Crippen LogP contribution >= 0.6 is 0 Å². The highest BCUT2D eigenvalue weighted by molar-refractivity contribution is 5.91. The number of hydrogen-bond donors (Lipinski definition) is 0. The van der Waals surface area contributed by atoms with Crippen molar-refractivity contribution in [3.63, 3.8) is 0 Å². The van der Waals surface area contributed by atoms with Crippen LogP contribution in [0.25, 0.3) is 0 Å². The molecule has 0 bridgehead atoms. The highest BCUT2D eigenvalue weighted by Crippen LogP contribution is 2.35. The number of isocyanates is 2. The average Bonchev–Trinajstić information content (AvgIpc) is 2.53. The van der Waals surface area contributed by atoms with E-state index in [9.17, 15) is 14.4 Å². The lowest BCUT2D eigenvalue weighted by molar-refractivity contribution is -0.117. The third-order valence-electron chi connectivity index (χ3n) is 4.71. The van der Waals surface area contributed by atoms with Gasteiger partial charge in [-0.15, -0.1) is 0 Å². The number of hydrogen-bond acceptors (Lipinski definition) is 5. The number of nitrogens with zero attached hydrogens (tertiary/aromatic N) is 2. The number of rotatable bonds is 4. The number of allylic oxidation sites excluding steroid dienone is 2. The lowest BCUT2D eigenvalue weighted by atomic mass is 9.77. The van der Waals surface area contributed by atoms with E-state index >= 15 is 0 Å². The summed E-state index contributed by atoms with van der Waals surface area (Å²) < 4.78 is 0. The van der Waals surface area contributed by atoms with Gasteiger partial charge in [0.1, 0.15) is 0 Å². The van der Waals surface area contributed by atoms with Gasteiger partial charge in [-0.2, -0.15) is 9.98 Å². The van der Waals surface area contributed by atoms with Crippen LogP contribution in [0.2, 0.25) is 0 Å². The molecule has 5 nitrogen and oxygen atoms in total. The second-order valence-corrected chi connectivity index (χ2v) is 9.04. The van der Waals surface area contributed by atoms with Crippen LogP contribution in [0.1, 0.15) is 72.4 Å². The van der Waals surface area contributed by atoms with Crippen molar-refractivity contribution in [1.29, 1.82) is 0 Å². The molecule has 0 amide bonds. The number of carbonyl (C=O) groups is 1. The molecule has 0 aromatic heterocycles. The number of aliphatic imine (C=N–C) groups is 2. The lowest BCUT2D eigenvalue weighted by Crippen LogP contribution is -2.23. The Bertz CT molecular complexity index is 801. The minimum Gasteiger partial charge on any atom is -0.295 e. The Hall–Kier alpha value is -2.61. The molecule has 0 fully saturated rings. The van der Waals surface area contributed by atoms with Crippen molar-refractivity contribution in [2.75, 3.05) is 0 Å². The molecular formula is C23H30N2O3. The summed E-state index contributed by atoms with van der Waals surface area (Å²) in [5.74, 6) is 0.286. The fourth-order valence-electron chi connectivity index (χ4n) is 3.56. The van der Waals surface area contributed by atoms with E-state index in [-0.39, 0.29) is 11.2 Å². The zero-order chi connectivity index (χ0) is 21.6.